The molecule has 0 aliphatic carbocycles. The van der Waals surface area contributed by atoms with Gasteiger partial charge in [-0.25, -0.2) is 4.57 Å². The maximum absolute atomic E-state index is 14.2. The third kappa shape index (κ3) is 13.1. The highest BCUT2D eigenvalue weighted by atomic mass is 19.4. The van der Waals surface area contributed by atoms with E-state index in [4.69, 9.17) is 0 Å². The van der Waals surface area contributed by atoms with Gasteiger partial charge in [0.25, 0.3) is 0 Å². The van der Waals surface area contributed by atoms with Gasteiger partial charge < -0.3 is 5.11 Å². The number of hydrogen-bond donors (Lipinski definition) is 1. The minimum atomic E-state index is -6.13. The zero-order valence-corrected chi connectivity index (χ0v) is 36.5. The summed E-state index contributed by atoms with van der Waals surface area (Å²) in [5.41, 5.74) is -28.9. The van der Waals surface area contributed by atoms with E-state index in [9.17, 15) is 110 Å². The van der Waals surface area contributed by atoms with Crippen LogP contribution in [0.5, 0.6) is 5.75 Å². The molecule has 27 heteroatoms. The molecule has 0 bridgehead atoms. The molecule has 0 atom stereocenters. The van der Waals surface area contributed by atoms with Crippen molar-refractivity contribution >= 4 is 38.8 Å². The molecule has 1 heterocycles. The van der Waals surface area contributed by atoms with Crippen molar-refractivity contribution in [1.29, 1.82) is 0 Å². The minimum Gasteiger partial charge on any atom is -0.508 e. The summed E-state index contributed by atoms with van der Waals surface area (Å²) in [6.07, 6.45) is -50.7. The molecule has 0 unspecified atom stereocenters. The summed E-state index contributed by atoms with van der Waals surface area (Å²) < 4.78 is 343. The van der Waals surface area contributed by atoms with Gasteiger partial charge in [0, 0.05) is 17.0 Å². The normalized spacial score (nSPS) is 13.4. The van der Waals surface area contributed by atoms with E-state index in [1.54, 1.807) is 12.1 Å². The standard InChI is InChI=1S/C32H12BF24.C16H13NO/c34-25(35,36)13-1-14(26(37,38)39)6-21(5-13)33(22-7-15(27(40,41)42)2-16(8-22)28(43,44)45,23-9-17(29(46,47)48)3-18(10-23)30(49,50)51)24-11-19(31(52,53)54)4-20(12-24)32(55,56)57;18-16-7-6-14-8-9-17(12-15(14)10-16)11-13-4-2-1-3-5-13/h1-12H;1-10,12H,11H2/q-1;/p+1. The van der Waals surface area contributed by atoms with Crippen LogP contribution in [0.3, 0.4) is 0 Å². The van der Waals surface area contributed by atoms with Crippen LogP contribution in [-0.2, 0) is 56.0 Å². The number of benzene rings is 6. The summed E-state index contributed by atoms with van der Waals surface area (Å²) in [6.45, 7) is 0.840. The molecular formula is C48H26BF24NO. The van der Waals surface area contributed by atoms with E-state index < -0.39 is 195 Å². The molecule has 0 aliphatic rings. The molecule has 6 aromatic carbocycles. The zero-order chi connectivity index (χ0) is 56.3. The predicted octanol–water partition coefficient (Wildman–Crippen LogP) is 14.1. The van der Waals surface area contributed by atoms with Crippen LogP contribution < -0.4 is 26.4 Å². The van der Waals surface area contributed by atoms with Gasteiger partial charge in [0.2, 0.25) is 0 Å². The lowest BCUT2D eigenvalue weighted by Crippen LogP contribution is -2.75. The molecule has 0 radical (unpaired) electrons. The van der Waals surface area contributed by atoms with Crippen molar-refractivity contribution in [3.05, 3.63) is 190 Å². The molecule has 2 nitrogen and oxygen atoms in total. The molecular weight excluding hydrogens is 1070 g/mol. The Hall–Kier alpha value is -7.09. The van der Waals surface area contributed by atoms with Crippen molar-refractivity contribution < 1.29 is 115 Å². The van der Waals surface area contributed by atoms with E-state index in [0.29, 0.717) is 5.75 Å². The Bertz CT molecular complexity index is 2760. The number of alkyl halides is 24. The number of hydrogen-bond acceptors (Lipinski definition) is 1. The highest BCUT2D eigenvalue weighted by molar-refractivity contribution is 7.20. The summed E-state index contributed by atoms with van der Waals surface area (Å²) >= 11 is 0. The molecule has 0 saturated heterocycles. The van der Waals surface area contributed by atoms with E-state index in [1.165, 1.54) is 5.56 Å². The molecule has 400 valence electrons. The van der Waals surface area contributed by atoms with Gasteiger partial charge in [-0.1, -0.05) is 84.9 Å². The molecule has 0 spiro atoms. The third-order valence-corrected chi connectivity index (χ3v) is 11.5. The summed E-state index contributed by atoms with van der Waals surface area (Å²) in [7, 11) is 0. The van der Waals surface area contributed by atoms with Crippen LogP contribution in [0.25, 0.3) is 10.8 Å². The number of nitrogens with zero attached hydrogens (tertiary/aromatic N) is 1. The van der Waals surface area contributed by atoms with Crippen LogP contribution in [-0.4, -0.2) is 11.3 Å². The second-order valence-corrected chi connectivity index (χ2v) is 16.6. The number of pyridine rings is 1. The number of aromatic nitrogens is 1. The first-order valence-corrected chi connectivity index (χ1v) is 20.6. The smallest absolute Gasteiger partial charge is 0.416 e. The Morgan fingerprint density at radius 3 is 0.867 bits per heavy atom. The van der Waals surface area contributed by atoms with Crippen molar-refractivity contribution in [1.82, 2.24) is 0 Å². The molecule has 0 amide bonds. The molecule has 1 N–H and O–H groups in total. The number of rotatable bonds is 6. The highest BCUT2D eigenvalue weighted by Gasteiger charge is 2.47. The Morgan fingerprint density at radius 2 is 0.600 bits per heavy atom. The van der Waals surface area contributed by atoms with Crippen LogP contribution in [0.15, 0.2) is 140 Å². The summed E-state index contributed by atoms with van der Waals surface area (Å²) in [6, 6.07) is 9.02. The molecule has 0 saturated carbocycles. The van der Waals surface area contributed by atoms with Gasteiger partial charge in [-0.15, -0.1) is 0 Å². The summed E-state index contributed by atoms with van der Waals surface area (Å²) in [4.78, 5) is 0. The topological polar surface area (TPSA) is 24.1 Å². The Labute approximate surface area is 405 Å². The molecule has 1 aromatic heterocycles. The number of phenolic OH excluding ortho intramolecular Hbond substituents is 1. The minimum absolute atomic E-state index is 0.306. The molecule has 7 rings (SSSR count). The van der Waals surface area contributed by atoms with Crippen molar-refractivity contribution in [2.24, 2.45) is 0 Å². The number of aromatic hydroxyl groups is 1. The number of halogens is 24. The SMILES string of the molecule is FC(F)(F)c1cc([B-](c2cc(C(F)(F)F)cc(C(F)(F)F)c2)(c2cc(C(F)(F)F)cc(C(F)(F)F)c2)c2cc(C(F)(F)F)cc(C(F)(F)F)c2)cc(C(F)(F)F)c1.Oc1ccc2cc[n+](Cc3ccccc3)cc2c1. The lowest BCUT2D eigenvalue weighted by molar-refractivity contribution is -0.687. The molecule has 0 aliphatic heterocycles. The third-order valence-electron chi connectivity index (χ3n) is 11.5. The van der Waals surface area contributed by atoms with Crippen LogP contribution in [0, 0.1) is 0 Å². The van der Waals surface area contributed by atoms with E-state index in [2.05, 4.69) is 35.2 Å². The Balaban J connectivity index is 0.000000421. The fourth-order valence-electron chi connectivity index (χ4n) is 8.19. The first-order valence-electron chi connectivity index (χ1n) is 20.6. The van der Waals surface area contributed by atoms with Crippen molar-refractivity contribution in [3.8, 4) is 5.75 Å². The molecule has 75 heavy (non-hydrogen) atoms. The second-order valence-electron chi connectivity index (χ2n) is 16.6. The van der Waals surface area contributed by atoms with Gasteiger partial charge in [0.05, 0.1) is 44.5 Å². The van der Waals surface area contributed by atoms with Crippen molar-refractivity contribution in [2.75, 3.05) is 0 Å². The van der Waals surface area contributed by atoms with E-state index in [-0.39, 0.29) is 0 Å². The fraction of sp³-hybridized carbons (Fsp3) is 0.188. The Kier molecular flexibility index (Phi) is 14.9. The second kappa shape index (κ2) is 19.6. The average molecular weight is 1100 g/mol. The van der Waals surface area contributed by atoms with Gasteiger partial charge in [0.1, 0.15) is 11.9 Å². The molecule has 7 aromatic rings. The predicted molar refractivity (Wildman–Crippen MR) is 221 cm³/mol. The van der Waals surface area contributed by atoms with Gasteiger partial charge in [-0.3, -0.25) is 0 Å². The first kappa shape index (κ1) is 57.2. The van der Waals surface area contributed by atoms with Gasteiger partial charge >= 0.3 is 49.4 Å². The van der Waals surface area contributed by atoms with Crippen molar-refractivity contribution in [3.63, 3.8) is 0 Å². The zero-order valence-electron chi connectivity index (χ0n) is 36.5. The largest absolute Gasteiger partial charge is 0.508 e. The maximum Gasteiger partial charge on any atom is 0.416 e. The maximum atomic E-state index is 14.2. The summed E-state index contributed by atoms with van der Waals surface area (Å²) in [5, 5.41) is 11.7. The highest BCUT2D eigenvalue weighted by Crippen LogP contribution is 2.41. The van der Waals surface area contributed by atoms with Gasteiger partial charge in [-0.05, 0) is 41.8 Å². The van der Waals surface area contributed by atoms with Crippen molar-refractivity contribution in [2.45, 2.75) is 56.0 Å². The monoisotopic (exact) mass is 1100 g/mol. The molecule has 0 fully saturated rings. The lowest BCUT2D eigenvalue weighted by atomic mass is 9.12. The number of fused-ring (bicyclic) bond motifs is 1. The van der Waals surface area contributed by atoms with Crippen LogP contribution >= 0.6 is 0 Å². The van der Waals surface area contributed by atoms with Crippen LogP contribution in [0.4, 0.5) is 105 Å². The van der Waals surface area contributed by atoms with E-state index in [0.717, 1.165) is 17.3 Å². The van der Waals surface area contributed by atoms with Crippen LogP contribution in [0.2, 0.25) is 0 Å². The van der Waals surface area contributed by atoms with Crippen LogP contribution in [0.1, 0.15) is 50.1 Å². The first-order chi connectivity index (χ1) is 34.1. The Morgan fingerprint density at radius 1 is 0.320 bits per heavy atom. The average Bonchev–Trinajstić information content (AvgIpc) is 3.27. The fourth-order valence-corrected chi connectivity index (χ4v) is 8.19. The van der Waals surface area contributed by atoms with E-state index in [1.807, 2.05) is 24.3 Å². The number of phenols is 1. The van der Waals surface area contributed by atoms with Gasteiger partial charge in [0.15, 0.2) is 18.9 Å². The van der Waals surface area contributed by atoms with E-state index >= 15 is 0 Å². The van der Waals surface area contributed by atoms with Gasteiger partial charge in [-0.2, -0.15) is 127 Å². The lowest BCUT2D eigenvalue weighted by Gasteiger charge is -2.46. The summed E-state index contributed by atoms with van der Waals surface area (Å²) in [5.74, 6) is 0.306. The quantitative estimate of drug-likeness (QED) is 0.100.